The van der Waals surface area contributed by atoms with Gasteiger partial charge in [-0.2, -0.15) is 0 Å². The Hall–Kier alpha value is -1.55. The molecule has 1 rings (SSSR count). The van der Waals surface area contributed by atoms with Crippen molar-refractivity contribution in [3.8, 4) is 0 Å². The quantitative estimate of drug-likeness (QED) is 0.547. The Kier molecular flexibility index (Phi) is 3.78. The first-order chi connectivity index (χ1) is 7.79. The van der Waals surface area contributed by atoms with Crippen molar-refractivity contribution >= 4 is 11.5 Å². The molecular formula is C13H21N3O. The molecule has 0 atom stereocenters. The molecular weight excluding hydrogens is 214 g/mol. The van der Waals surface area contributed by atoms with Crippen LogP contribution in [0.15, 0.2) is 18.2 Å². The number of likely N-dealkylation sites (N-methyl/N-ethyl adjacent to an activating group) is 1. The number of aliphatic hydroxyl groups is 1. The van der Waals surface area contributed by atoms with E-state index >= 15 is 0 Å². The second-order valence-corrected chi connectivity index (χ2v) is 4.94. The Morgan fingerprint density at radius 3 is 2.47 bits per heavy atom. The summed E-state index contributed by atoms with van der Waals surface area (Å²) in [7, 11) is 1.94. The third-order valence-corrected chi connectivity index (χ3v) is 3.18. The van der Waals surface area contributed by atoms with E-state index in [2.05, 4.69) is 0 Å². The van der Waals surface area contributed by atoms with Crippen molar-refractivity contribution in [2.24, 2.45) is 5.73 Å². The van der Waals surface area contributed by atoms with Crippen LogP contribution in [0.2, 0.25) is 0 Å². The number of nitrogens with one attached hydrogen (secondary N) is 1. The van der Waals surface area contributed by atoms with Crippen molar-refractivity contribution in [2.75, 3.05) is 18.6 Å². The van der Waals surface area contributed by atoms with Crippen LogP contribution in [0.5, 0.6) is 0 Å². The average molecular weight is 235 g/mol. The molecule has 0 saturated heterocycles. The predicted molar refractivity (Wildman–Crippen MR) is 71.8 cm³/mol. The van der Waals surface area contributed by atoms with Crippen molar-refractivity contribution in [1.82, 2.24) is 0 Å². The second kappa shape index (κ2) is 4.75. The molecule has 0 amide bonds. The van der Waals surface area contributed by atoms with Crippen LogP contribution in [0.25, 0.3) is 0 Å². The van der Waals surface area contributed by atoms with E-state index in [1.54, 1.807) is 0 Å². The van der Waals surface area contributed by atoms with Crippen molar-refractivity contribution in [3.63, 3.8) is 0 Å². The van der Waals surface area contributed by atoms with Crippen molar-refractivity contribution in [2.45, 2.75) is 26.3 Å². The Morgan fingerprint density at radius 2 is 2.06 bits per heavy atom. The molecule has 1 aromatic rings. The number of hydrogen-bond donors (Lipinski definition) is 3. The van der Waals surface area contributed by atoms with Gasteiger partial charge < -0.3 is 15.7 Å². The van der Waals surface area contributed by atoms with Gasteiger partial charge in [-0.1, -0.05) is 0 Å². The van der Waals surface area contributed by atoms with E-state index in [1.165, 1.54) is 0 Å². The molecule has 1 aromatic carbocycles. The van der Waals surface area contributed by atoms with Gasteiger partial charge in [-0.15, -0.1) is 0 Å². The van der Waals surface area contributed by atoms with Gasteiger partial charge in [0.2, 0.25) is 0 Å². The summed E-state index contributed by atoms with van der Waals surface area (Å²) in [5.74, 6) is 0.0816. The zero-order valence-electron chi connectivity index (χ0n) is 10.9. The number of aliphatic hydroxyl groups excluding tert-OH is 1. The SMILES string of the molecule is Cc1cc(N(C)C(C)(C)CO)ccc1C(=N)N. The molecule has 0 fully saturated rings. The molecule has 4 heteroatoms. The summed E-state index contributed by atoms with van der Waals surface area (Å²) in [6.45, 7) is 5.96. The fourth-order valence-electron chi connectivity index (χ4n) is 1.61. The van der Waals surface area contributed by atoms with Crippen LogP contribution >= 0.6 is 0 Å². The summed E-state index contributed by atoms with van der Waals surface area (Å²) in [4.78, 5) is 2.02. The molecule has 0 aliphatic carbocycles. The molecule has 4 nitrogen and oxygen atoms in total. The average Bonchev–Trinajstić information content (AvgIpc) is 2.27. The summed E-state index contributed by atoms with van der Waals surface area (Å²) in [5, 5.41) is 16.8. The molecule has 0 aromatic heterocycles. The van der Waals surface area contributed by atoms with Crippen molar-refractivity contribution in [1.29, 1.82) is 5.41 Å². The Bertz CT molecular complexity index is 427. The van der Waals surface area contributed by atoms with Crippen molar-refractivity contribution < 1.29 is 5.11 Å². The topological polar surface area (TPSA) is 73.3 Å². The fraction of sp³-hybridized carbons (Fsp3) is 0.462. The van der Waals surface area contributed by atoms with Gasteiger partial charge in [0.25, 0.3) is 0 Å². The Morgan fingerprint density at radius 1 is 1.47 bits per heavy atom. The van der Waals surface area contributed by atoms with Crippen LogP contribution in [-0.2, 0) is 0 Å². The van der Waals surface area contributed by atoms with Gasteiger partial charge in [-0.3, -0.25) is 5.41 Å². The number of rotatable bonds is 4. The maximum atomic E-state index is 9.34. The Labute approximate surface area is 103 Å². The molecule has 0 bridgehead atoms. The highest BCUT2D eigenvalue weighted by molar-refractivity contribution is 5.96. The fourth-order valence-corrected chi connectivity index (χ4v) is 1.61. The third-order valence-electron chi connectivity index (χ3n) is 3.18. The lowest BCUT2D eigenvalue weighted by Gasteiger charge is -2.36. The number of nitrogen functional groups attached to an aromatic ring is 1. The van der Waals surface area contributed by atoms with Gasteiger partial charge in [0.1, 0.15) is 5.84 Å². The summed E-state index contributed by atoms with van der Waals surface area (Å²) >= 11 is 0. The van der Waals surface area contributed by atoms with Gasteiger partial charge in [0, 0.05) is 18.3 Å². The minimum absolute atomic E-state index is 0.0804. The molecule has 17 heavy (non-hydrogen) atoms. The molecule has 4 N–H and O–H groups in total. The lowest BCUT2D eigenvalue weighted by atomic mass is 10.0. The Balaban J connectivity index is 3.10. The minimum atomic E-state index is -0.315. The van der Waals surface area contributed by atoms with E-state index in [9.17, 15) is 5.11 Å². The number of anilines is 1. The van der Waals surface area contributed by atoms with Gasteiger partial charge in [-0.05, 0) is 44.5 Å². The number of benzene rings is 1. The van der Waals surface area contributed by atoms with Crippen LogP contribution < -0.4 is 10.6 Å². The molecule has 0 heterocycles. The van der Waals surface area contributed by atoms with E-state index in [0.29, 0.717) is 0 Å². The third kappa shape index (κ3) is 2.77. The first kappa shape index (κ1) is 13.5. The first-order valence-corrected chi connectivity index (χ1v) is 5.59. The monoisotopic (exact) mass is 235 g/mol. The summed E-state index contributed by atoms with van der Waals surface area (Å²) in [6.07, 6.45) is 0. The normalized spacial score (nSPS) is 11.4. The number of amidine groups is 1. The van der Waals surface area contributed by atoms with Crippen LogP contribution in [0.3, 0.4) is 0 Å². The van der Waals surface area contributed by atoms with Crippen LogP contribution in [-0.4, -0.2) is 30.1 Å². The van der Waals surface area contributed by atoms with Gasteiger partial charge in [0.05, 0.1) is 12.1 Å². The number of nitrogens with zero attached hydrogens (tertiary/aromatic N) is 1. The first-order valence-electron chi connectivity index (χ1n) is 5.59. The number of aryl methyl sites for hydroxylation is 1. The zero-order chi connectivity index (χ0) is 13.2. The highest BCUT2D eigenvalue weighted by Gasteiger charge is 2.23. The van der Waals surface area contributed by atoms with E-state index < -0.39 is 0 Å². The van der Waals surface area contributed by atoms with Crippen LogP contribution in [0.1, 0.15) is 25.0 Å². The molecule has 0 unspecified atom stereocenters. The van der Waals surface area contributed by atoms with Gasteiger partial charge in [-0.25, -0.2) is 0 Å². The van der Waals surface area contributed by atoms with Gasteiger partial charge >= 0.3 is 0 Å². The molecule has 0 spiro atoms. The molecule has 0 radical (unpaired) electrons. The largest absolute Gasteiger partial charge is 0.394 e. The van der Waals surface area contributed by atoms with E-state index in [0.717, 1.165) is 16.8 Å². The lowest BCUT2D eigenvalue weighted by Crippen LogP contribution is -2.44. The lowest BCUT2D eigenvalue weighted by molar-refractivity contribution is 0.216. The highest BCUT2D eigenvalue weighted by atomic mass is 16.3. The van der Waals surface area contributed by atoms with E-state index in [-0.39, 0.29) is 18.0 Å². The maximum absolute atomic E-state index is 9.34. The molecule has 0 aliphatic rings. The van der Waals surface area contributed by atoms with Gasteiger partial charge in [0.15, 0.2) is 0 Å². The highest BCUT2D eigenvalue weighted by Crippen LogP contribution is 2.24. The molecule has 94 valence electrons. The molecule has 0 aliphatic heterocycles. The maximum Gasteiger partial charge on any atom is 0.123 e. The van der Waals surface area contributed by atoms with E-state index in [4.69, 9.17) is 11.1 Å². The second-order valence-electron chi connectivity index (χ2n) is 4.94. The zero-order valence-corrected chi connectivity index (χ0v) is 10.9. The van der Waals surface area contributed by atoms with E-state index in [1.807, 2.05) is 50.9 Å². The smallest absolute Gasteiger partial charge is 0.123 e. The van der Waals surface area contributed by atoms with Crippen molar-refractivity contribution in [3.05, 3.63) is 29.3 Å². The number of hydrogen-bond acceptors (Lipinski definition) is 3. The summed E-state index contributed by atoms with van der Waals surface area (Å²) in [6, 6.07) is 5.74. The summed E-state index contributed by atoms with van der Waals surface area (Å²) < 4.78 is 0. The number of nitrogens with two attached hydrogens (primary N) is 1. The van der Waals surface area contributed by atoms with Crippen LogP contribution in [0.4, 0.5) is 5.69 Å². The standard InChI is InChI=1S/C13H21N3O/c1-9-7-10(5-6-11(9)12(14)15)16(4)13(2,3)8-17/h5-7,17H,8H2,1-4H3,(H3,14,15). The summed E-state index contributed by atoms with van der Waals surface area (Å²) in [5.41, 5.74) is 7.89. The molecule has 0 saturated carbocycles. The predicted octanol–water partition coefficient (Wildman–Crippen LogP) is 1.49. The minimum Gasteiger partial charge on any atom is -0.394 e. The van der Waals surface area contributed by atoms with Crippen LogP contribution in [0, 0.1) is 12.3 Å².